The number of hydrogen-bond donors (Lipinski definition) is 1. The van der Waals surface area contributed by atoms with E-state index in [4.69, 9.17) is 5.73 Å². The van der Waals surface area contributed by atoms with Gasteiger partial charge in [-0.1, -0.05) is 13.3 Å². The van der Waals surface area contributed by atoms with Gasteiger partial charge >= 0.3 is 0 Å². The monoisotopic (exact) mass is 235 g/mol. The van der Waals surface area contributed by atoms with E-state index in [-0.39, 0.29) is 6.04 Å². The minimum atomic E-state index is 0.174. The van der Waals surface area contributed by atoms with Crippen molar-refractivity contribution in [1.82, 2.24) is 9.78 Å². The van der Waals surface area contributed by atoms with Crippen molar-refractivity contribution in [2.75, 3.05) is 0 Å². The molecular weight excluding hydrogens is 218 g/mol. The summed E-state index contributed by atoms with van der Waals surface area (Å²) in [5.74, 6) is 0. The van der Waals surface area contributed by atoms with Crippen LogP contribution in [-0.4, -0.2) is 9.78 Å². The summed E-state index contributed by atoms with van der Waals surface area (Å²) < 4.78 is 1.82. The maximum Gasteiger partial charge on any atom is 0.102 e. The van der Waals surface area contributed by atoms with E-state index >= 15 is 0 Å². The number of hydrogen-bond acceptors (Lipinski definition) is 3. The van der Waals surface area contributed by atoms with Gasteiger partial charge in [-0.3, -0.25) is 4.68 Å². The van der Waals surface area contributed by atoms with Crippen molar-refractivity contribution >= 4 is 11.3 Å². The van der Waals surface area contributed by atoms with Crippen LogP contribution in [0.25, 0.3) is 10.6 Å². The lowest BCUT2D eigenvalue weighted by Gasteiger charge is -2.06. The number of rotatable bonds is 4. The van der Waals surface area contributed by atoms with E-state index < -0.39 is 0 Å². The first-order valence-corrected chi connectivity index (χ1v) is 6.37. The van der Waals surface area contributed by atoms with Gasteiger partial charge in [0, 0.05) is 24.2 Å². The quantitative estimate of drug-likeness (QED) is 0.885. The Hall–Kier alpha value is -1.13. The van der Waals surface area contributed by atoms with Crippen LogP contribution >= 0.6 is 11.3 Å². The molecule has 0 aliphatic heterocycles. The topological polar surface area (TPSA) is 43.8 Å². The van der Waals surface area contributed by atoms with E-state index in [9.17, 15) is 0 Å². The Morgan fingerprint density at radius 1 is 1.44 bits per heavy atom. The zero-order valence-electron chi connectivity index (χ0n) is 9.68. The minimum absolute atomic E-state index is 0.174. The second-order valence-corrected chi connectivity index (χ2v) is 5.09. The molecule has 4 heteroatoms. The average Bonchev–Trinajstić information content (AvgIpc) is 2.85. The molecule has 3 nitrogen and oxygen atoms in total. The van der Waals surface area contributed by atoms with Crippen LogP contribution in [0.4, 0.5) is 0 Å². The molecule has 0 saturated carbocycles. The Kier molecular flexibility index (Phi) is 3.41. The summed E-state index contributed by atoms with van der Waals surface area (Å²) >= 11 is 1.75. The number of aryl methyl sites for hydroxylation is 1. The number of thiophene rings is 1. The summed E-state index contributed by atoms with van der Waals surface area (Å²) in [7, 11) is 1.93. The third-order valence-corrected chi connectivity index (χ3v) is 3.80. The van der Waals surface area contributed by atoms with Crippen molar-refractivity contribution in [2.45, 2.75) is 25.8 Å². The number of nitrogens with zero attached hydrogens (tertiary/aromatic N) is 2. The van der Waals surface area contributed by atoms with Crippen LogP contribution in [0.3, 0.4) is 0 Å². The second-order valence-electron chi connectivity index (χ2n) is 3.97. The highest BCUT2D eigenvalue weighted by Gasteiger charge is 2.10. The Bertz CT molecular complexity index is 458. The van der Waals surface area contributed by atoms with Gasteiger partial charge in [0.05, 0.1) is 4.88 Å². The lowest BCUT2D eigenvalue weighted by atomic mass is 10.1. The molecule has 1 atom stereocenters. The van der Waals surface area contributed by atoms with Crippen LogP contribution in [0.2, 0.25) is 0 Å². The summed E-state index contributed by atoms with van der Waals surface area (Å²) in [6.07, 6.45) is 4.13. The number of aromatic nitrogens is 2. The molecule has 0 fully saturated rings. The van der Waals surface area contributed by atoms with Crippen molar-refractivity contribution in [3.63, 3.8) is 0 Å². The van der Waals surface area contributed by atoms with Gasteiger partial charge in [0.15, 0.2) is 0 Å². The molecule has 0 aromatic carbocycles. The smallest absolute Gasteiger partial charge is 0.102 e. The van der Waals surface area contributed by atoms with Crippen molar-refractivity contribution < 1.29 is 0 Å². The van der Waals surface area contributed by atoms with Crippen molar-refractivity contribution in [3.8, 4) is 10.6 Å². The van der Waals surface area contributed by atoms with Gasteiger partial charge in [-0.05, 0) is 24.6 Å². The first-order valence-electron chi connectivity index (χ1n) is 5.56. The van der Waals surface area contributed by atoms with Crippen LogP contribution in [0.15, 0.2) is 24.4 Å². The minimum Gasteiger partial charge on any atom is -0.323 e. The SMILES string of the molecule is CCCC(N)c1ccc(-c2ccn(C)n2)s1. The van der Waals surface area contributed by atoms with E-state index in [0.717, 1.165) is 18.5 Å². The van der Waals surface area contributed by atoms with Crippen LogP contribution in [0.5, 0.6) is 0 Å². The van der Waals surface area contributed by atoms with Crippen molar-refractivity contribution in [2.24, 2.45) is 12.8 Å². The van der Waals surface area contributed by atoms with Gasteiger partial charge in [-0.25, -0.2) is 0 Å². The van der Waals surface area contributed by atoms with E-state index in [0.29, 0.717) is 0 Å². The average molecular weight is 235 g/mol. The van der Waals surface area contributed by atoms with Gasteiger partial charge in [0.25, 0.3) is 0 Å². The lowest BCUT2D eigenvalue weighted by molar-refractivity contribution is 0.648. The molecule has 2 heterocycles. The molecule has 0 amide bonds. The molecule has 0 saturated heterocycles. The zero-order chi connectivity index (χ0) is 11.5. The molecule has 0 aliphatic rings. The zero-order valence-corrected chi connectivity index (χ0v) is 10.5. The maximum atomic E-state index is 6.09. The second kappa shape index (κ2) is 4.80. The molecule has 2 aromatic heterocycles. The molecule has 86 valence electrons. The highest BCUT2D eigenvalue weighted by Crippen LogP contribution is 2.30. The first kappa shape index (κ1) is 11.4. The summed E-state index contributed by atoms with van der Waals surface area (Å²) in [5.41, 5.74) is 7.12. The Labute approximate surface area is 99.9 Å². The molecular formula is C12H17N3S. The van der Waals surface area contributed by atoms with Crippen molar-refractivity contribution in [3.05, 3.63) is 29.3 Å². The molecule has 2 rings (SSSR count). The van der Waals surface area contributed by atoms with Crippen molar-refractivity contribution in [1.29, 1.82) is 0 Å². The molecule has 1 unspecified atom stereocenters. The first-order chi connectivity index (χ1) is 7.70. The van der Waals surface area contributed by atoms with Crippen LogP contribution in [0, 0.1) is 0 Å². The summed E-state index contributed by atoms with van der Waals surface area (Å²) in [6, 6.07) is 6.43. The summed E-state index contributed by atoms with van der Waals surface area (Å²) in [4.78, 5) is 2.45. The molecule has 2 N–H and O–H groups in total. The summed E-state index contributed by atoms with van der Waals surface area (Å²) in [5, 5.41) is 4.39. The summed E-state index contributed by atoms with van der Waals surface area (Å²) in [6.45, 7) is 2.16. The molecule has 0 radical (unpaired) electrons. The van der Waals surface area contributed by atoms with E-state index in [1.54, 1.807) is 11.3 Å². The number of nitrogens with two attached hydrogens (primary N) is 1. The van der Waals surface area contributed by atoms with Gasteiger partial charge in [0.1, 0.15) is 5.69 Å². The van der Waals surface area contributed by atoms with Crippen LogP contribution in [0.1, 0.15) is 30.7 Å². The van der Waals surface area contributed by atoms with E-state index in [2.05, 4.69) is 24.2 Å². The predicted molar refractivity (Wildman–Crippen MR) is 68.4 cm³/mol. The fraction of sp³-hybridized carbons (Fsp3) is 0.417. The lowest BCUT2D eigenvalue weighted by Crippen LogP contribution is -2.07. The van der Waals surface area contributed by atoms with E-state index in [1.165, 1.54) is 9.75 Å². The molecule has 0 aliphatic carbocycles. The van der Waals surface area contributed by atoms with Gasteiger partial charge < -0.3 is 5.73 Å². The van der Waals surface area contributed by atoms with Crippen LogP contribution < -0.4 is 5.73 Å². The molecule has 16 heavy (non-hydrogen) atoms. The highest BCUT2D eigenvalue weighted by molar-refractivity contribution is 7.15. The third kappa shape index (κ3) is 2.33. The largest absolute Gasteiger partial charge is 0.323 e. The highest BCUT2D eigenvalue weighted by atomic mass is 32.1. The Balaban J connectivity index is 2.19. The normalized spacial score (nSPS) is 12.9. The Morgan fingerprint density at radius 3 is 2.88 bits per heavy atom. The predicted octanol–water partition coefficient (Wildman–Crippen LogP) is 2.95. The fourth-order valence-corrected chi connectivity index (χ4v) is 2.70. The van der Waals surface area contributed by atoms with Gasteiger partial charge in [-0.2, -0.15) is 5.10 Å². The standard InChI is InChI=1S/C12H17N3S/c1-3-4-9(13)11-5-6-12(16-11)10-7-8-15(2)14-10/h5-9H,3-4,13H2,1-2H3. The molecule has 2 aromatic rings. The van der Waals surface area contributed by atoms with E-state index in [1.807, 2.05) is 24.0 Å². The van der Waals surface area contributed by atoms with Crippen LogP contribution in [-0.2, 0) is 7.05 Å². The third-order valence-electron chi connectivity index (χ3n) is 2.56. The van der Waals surface area contributed by atoms with Gasteiger partial charge in [0.2, 0.25) is 0 Å². The van der Waals surface area contributed by atoms with Gasteiger partial charge in [-0.15, -0.1) is 11.3 Å². The Morgan fingerprint density at radius 2 is 2.25 bits per heavy atom. The molecule has 0 spiro atoms. The fourth-order valence-electron chi connectivity index (χ4n) is 1.69. The molecule has 0 bridgehead atoms. The maximum absolute atomic E-state index is 6.09.